The smallest absolute Gasteiger partial charge is 0.0407 e. The van der Waals surface area contributed by atoms with Crippen molar-refractivity contribution in [3.63, 3.8) is 0 Å². The zero-order valence-corrected chi connectivity index (χ0v) is 5.20. The van der Waals surface area contributed by atoms with Crippen LogP contribution in [0.15, 0.2) is 11.6 Å². The van der Waals surface area contributed by atoms with Crippen molar-refractivity contribution in [2.45, 2.75) is 6.92 Å². The Morgan fingerprint density at radius 1 is 1.86 bits per heavy atom. The molecule has 0 fully saturated rings. The van der Waals surface area contributed by atoms with Crippen LogP contribution in [-0.2, 0) is 0 Å². The molecule has 2 heteroatoms. The molecule has 2 N–H and O–H groups in total. The van der Waals surface area contributed by atoms with Gasteiger partial charge in [0.15, 0.2) is 0 Å². The van der Waals surface area contributed by atoms with E-state index >= 15 is 0 Å². The third-order valence-corrected chi connectivity index (χ3v) is 0.902. The predicted molar refractivity (Wildman–Crippen MR) is 33.5 cm³/mol. The van der Waals surface area contributed by atoms with Crippen molar-refractivity contribution in [1.82, 2.24) is 0 Å². The number of alkyl halides is 1. The molecule has 0 saturated carbocycles. The van der Waals surface area contributed by atoms with Crippen LogP contribution in [0.2, 0.25) is 0 Å². The van der Waals surface area contributed by atoms with E-state index in [1.54, 1.807) is 0 Å². The summed E-state index contributed by atoms with van der Waals surface area (Å²) in [6.45, 7) is 2.58. The van der Waals surface area contributed by atoms with Crippen LogP contribution in [0, 0.1) is 0 Å². The molecule has 0 aliphatic heterocycles. The minimum Gasteiger partial charge on any atom is -0.327 e. The van der Waals surface area contributed by atoms with Crippen molar-refractivity contribution in [3.8, 4) is 0 Å². The molecule has 0 atom stereocenters. The minimum absolute atomic E-state index is 0.572. The highest BCUT2D eigenvalue weighted by molar-refractivity contribution is 6.18. The van der Waals surface area contributed by atoms with Crippen LogP contribution in [0.4, 0.5) is 0 Å². The number of hydrogen-bond donors (Lipinski definition) is 1. The minimum atomic E-state index is 0.572. The third kappa shape index (κ3) is 3.83. The van der Waals surface area contributed by atoms with Gasteiger partial charge in [0.25, 0.3) is 0 Å². The van der Waals surface area contributed by atoms with Crippen molar-refractivity contribution in [3.05, 3.63) is 11.6 Å². The fraction of sp³-hybridized carbons (Fsp3) is 0.600. The maximum absolute atomic E-state index is 5.34. The monoisotopic (exact) mass is 119 g/mol. The fourth-order valence-electron chi connectivity index (χ4n) is 0.215. The van der Waals surface area contributed by atoms with Crippen LogP contribution in [0.25, 0.3) is 0 Å². The Morgan fingerprint density at radius 2 is 2.43 bits per heavy atom. The molecule has 42 valence electrons. The molecule has 7 heavy (non-hydrogen) atoms. The van der Waals surface area contributed by atoms with Crippen molar-refractivity contribution < 1.29 is 0 Å². The molecule has 0 saturated heterocycles. The van der Waals surface area contributed by atoms with Crippen LogP contribution in [0.5, 0.6) is 0 Å². The van der Waals surface area contributed by atoms with Gasteiger partial charge in [0.1, 0.15) is 0 Å². The summed E-state index contributed by atoms with van der Waals surface area (Å²) in [5, 5.41) is 0. The van der Waals surface area contributed by atoms with E-state index in [1.165, 1.54) is 0 Å². The Kier molecular flexibility index (Phi) is 4.15. The first-order chi connectivity index (χ1) is 3.31. The molecule has 0 radical (unpaired) electrons. The lowest BCUT2D eigenvalue weighted by molar-refractivity contribution is 1.13. The van der Waals surface area contributed by atoms with Gasteiger partial charge in [-0.2, -0.15) is 0 Å². The van der Waals surface area contributed by atoms with Crippen LogP contribution in [0.1, 0.15) is 6.92 Å². The van der Waals surface area contributed by atoms with E-state index in [0.29, 0.717) is 12.4 Å². The van der Waals surface area contributed by atoms with E-state index in [-0.39, 0.29) is 0 Å². The number of halogens is 1. The average molecular weight is 120 g/mol. The van der Waals surface area contributed by atoms with Gasteiger partial charge >= 0.3 is 0 Å². The van der Waals surface area contributed by atoms with Gasteiger partial charge in [-0.05, 0) is 6.92 Å². The summed E-state index contributed by atoms with van der Waals surface area (Å²) in [5.41, 5.74) is 6.38. The highest BCUT2D eigenvalue weighted by Crippen LogP contribution is 1.87. The molecule has 0 aliphatic carbocycles. The molecule has 0 rings (SSSR count). The lowest BCUT2D eigenvalue weighted by Gasteiger charge is -1.88. The normalized spacial score (nSPS) is 12.1. The third-order valence-electron chi connectivity index (χ3n) is 0.748. The second kappa shape index (κ2) is 4.16. The van der Waals surface area contributed by atoms with E-state index in [2.05, 4.69) is 0 Å². The summed E-state index contributed by atoms with van der Waals surface area (Å²) in [5.74, 6) is 0.572. The second-order valence-electron chi connectivity index (χ2n) is 1.41. The Hall–Kier alpha value is -0.0100. The molecule has 0 unspecified atom stereocenters. The molecule has 0 aromatic heterocycles. The Labute approximate surface area is 49.2 Å². The lowest BCUT2D eigenvalue weighted by Crippen LogP contribution is -1.99. The SMILES string of the molecule is C/C(=C\CCl)CN. The molecule has 0 aliphatic rings. The molecule has 0 aromatic rings. The zero-order valence-electron chi connectivity index (χ0n) is 4.45. The Balaban J connectivity index is 3.29. The van der Waals surface area contributed by atoms with Gasteiger partial charge in [-0.15, -0.1) is 11.6 Å². The summed E-state index contributed by atoms with van der Waals surface area (Å²) >= 11 is 5.34. The summed E-state index contributed by atoms with van der Waals surface area (Å²) in [4.78, 5) is 0. The van der Waals surface area contributed by atoms with Gasteiger partial charge in [-0.25, -0.2) is 0 Å². The van der Waals surface area contributed by atoms with E-state index in [9.17, 15) is 0 Å². The summed E-state index contributed by atoms with van der Waals surface area (Å²) in [7, 11) is 0. The van der Waals surface area contributed by atoms with Crippen LogP contribution in [-0.4, -0.2) is 12.4 Å². The van der Waals surface area contributed by atoms with E-state index < -0.39 is 0 Å². The van der Waals surface area contributed by atoms with Crippen LogP contribution in [0.3, 0.4) is 0 Å². The van der Waals surface area contributed by atoms with Gasteiger partial charge in [0.05, 0.1) is 0 Å². The molecule has 0 bridgehead atoms. The van der Waals surface area contributed by atoms with Gasteiger partial charge in [0.2, 0.25) is 0 Å². The quantitative estimate of drug-likeness (QED) is 0.428. The van der Waals surface area contributed by atoms with Crippen molar-refractivity contribution in [2.24, 2.45) is 5.73 Å². The van der Waals surface area contributed by atoms with Gasteiger partial charge in [0, 0.05) is 12.4 Å². The molecular weight excluding hydrogens is 110 g/mol. The van der Waals surface area contributed by atoms with Gasteiger partial charge in [-0.3, -0.25) is 0 Å². The highest BCUT2D eigenvalue weighted by Gasteiger charge is 1.77. The number of rotatable bonds is 2. The largest absolute Gasteiger partial charge is 0.327 e. The number of nitrogens with two attached hydrogens (primary N) is 1. The maximum Gasteiger partial charge on any atom is 0.0407 e. The van der Waals surface area contributed by atoms with Crippen molar-refractivity contribution >= 4 is 11.6 Å². The average Bonchev–Trinajstić information content (AvgIpc) is 1.68. The molecule has 0 spiro atoms. The fourth-order valence-corrected chi connectivity index (χ4v) is 0.478. The van der Waals surface area contributed by atoms with E-state index in [4.69, 9.17) is 17.3 Å². The highest BCUT2D eigenvalue weighted by atomic mass is 35.5. The lowest BCUT2D eigenvalue weighted by atomic mass is 10.3. The van der Waals surface area contributed by atoms with Crippen molar-refractivity contribution in [1.29, 1.82) is 0 Å². The number of allylic oxidation sites excluding steroid dienone is 1. The molecule has 1 nitrogen and oxygen atoms in total. The standard InChI is InChI=1S/C5H10ClN/c1-5(4-7)2-3-6/h2H,3-4,7H2,1H3/b5-2+. The summed E-state index contributed by atoms with van der Waals surface area (Å²) < 4.78 is 0. The van der Waals surface area contributed by atoms with Gasteiger partial charge < -0.3 is 5.73 Å². The summed E-state index contributed by atoms with van der Waals surface area (Å²) in [6.07, 6.45) is 1.90. The van der Waals surface area contributed by atoms with Crippen LogP contribution >= 0.6 is 11.6 Å². The first-order valence-corrected chi connectivity index (χ1v) is 2.76. The summed E-state index contributed by atoms with van der Waals surface area (Å²) in [6, 6.07) is 0. The first-order valence-electron chi connectivity index (χ1n) is 2.23. The van der Waals surface area contributed by atoms with E-state index in [1.807, 2.05) is 13.0 Å². The predicted octanol–water partition coefficient (Wildman–Crippen LogP) is 1.13. The molecule has 0 amide bonds. The molecule has 0 aromatic carbocycles. The van der Waals surface area contributed by atoms with Crippen LogP contribution < -0.4 is 5.73 Å². The Bertz CT molecular complexity index is 68.5. The second-order valence-corrected chi connectivity index (χ2v) is 1.72. The van der Waals surface area contributed by atoms with Gasteiger partial charge in [-0.1, -0.05) is 11.6 Å². The number of hydrogen-bond acceptors (Lipinski definition) is 1. The molecule has 0 heterocycles. The molecular formula is C5H10ClN. The maximum atomic E-state index is 5.34. The Morgan fingerprint density at radius 3 is 2.57 bits per heavy atom. The zero-order chi connectivity index (χ0) is 5.70. The van der Waals surface area contributed by atoms with Crippen molar-refractivity contribution in [2.75, 3.05) is 12.4 Å². The first kappa shape index (κ1) is 6.99. The topological polar surface area (TPSA) is 26.0 Å². The van der Waals surface area contributed by atoms with E-state index in [0.717, 1.165) is 5.57 Å².